The minimum atomic E-state index is -1.21. The summed E-state index contributed by atoms with van der Waals surface area (Å²) in [5.41, 5.74) is 2.73. The number of aliphatic carboxylic acids is 1. The highest BCUT2D eigenvalue weighted by atomic mass is 32.2. The molecule has 0 unspecified atom stereocenters. The van der Waals surface area contributed by atoms with Gasteiger partial charge in [0.15, 0.2) is 0 Å². The molecular formula is C18H14N2O2S. The standard InChI is InChI=1S/C18H14N2O2S/c1-2-20-14-5-3-4-6-16(14)23-17-10-12(7-8-15(17)20)9-13(11-19)18(21)22/h3-10H,2H2,1H3,(H,21,22)/b13-9-. The number of nitrogens with zero attached hydrogens (tertiary/aromatic N) is 2. The molecule has 4 nitrogen and oxygen atoms in total. The molecule has 0 fully saturated rings. The van der Waals surface area contributed by atoms with Gasteiger partial charge in [-0.3, -0.25) is 0 Å². The average molecular weight is 322 g/mol. The summed E-state index contributed by atoms with van der Waals surface area (Å²) in [5.74, 6) is -1.21. The highest BCUT2D eigenvalue weighted by Gasteiger charge is 2.22. The third kappa shape index (κ3) is 2.81. The second-order valence-corrected chi connectivity index (χ2v) is 6.10. The van der Waals surface area contributed by atoms with Gasteiger partial charge in [0.2, 0.25) is 0 Å². The molecule has 0 saturated carbocycles. The van der Waals surface area contributed by atoms with Crippen LogP contribution in [0.1, 0.15) is 12.5 Å². The summed E-state index contributed by atoms with van der Waals surface area (Å²) >= 11 is 1.66. The van der Waals surface area contributed by atoms with Crippen molar-refractivity contribution in [1.29, 1.82) is 5.26 Å². The number of hydrogen-bond donors (Lipinski definition) is 1. The van der Waals surface area contributed by atoms with Crippen molar-refractivity contribution < 1.29 is 9.90 Å². The number of carboxylic acids is 1. The predicted molar refractivity (Wildman–Crippen MR) is 90.9 cm³/mol. The van der Waals surface area contributed by atoms with E-state index in [2.05, 4.69) is 24.0 Å². The molecule has 1 heterocycles. The molecule has 1 aliphatic rings. The predicted octanol–water partition coefficient (Wildman–Crippen LogP) is 4.30. The fourth-order valence-electron chi connectivity index (χ4n) is 2.59. The number of para-hydroxylation sites is 1. The van der Waals surface area contributed by atoms with E-state index in [1.807, 2.05) is 30.3 Å². The lowest BCUT2D eigenvalue weighted by Gasteiger charge is -2.32. The minimum Gasteiger partial charge on any atom is -0.477 e. The molecule has 5 heteroatoms. The van der Waals surface area contributed by atoms with Gasteiger partial charge in [-0.15, -0.1) is 0 Å². The van der Waals surface area contributed by atoms with E-state index in [-0.39, 0.29) is 5.57 Å². The highest BCUT2D eigenvalue weighted by Crippen LogP contribution is 2.48. The number of hydrogen-bond acceptors (Lipinski definition) is 4. The number of benzene rings is 2. The zero-order valence-electron chi connectivity index (χ0n) is 12.5. The number of carboxylic acid groups (broad SMARTS) is 1. The lowest BCUT2D eigenvalue weighted by molar-refractivity contribution is -0.132. The minimum absolute atomic E-state index is 0.265. The van der Waals surface area contributed by atoms with Crippen LogP contribution in [-0.4, -0.2) is 17.6 Å². The van der Waals surface area contributed by atoms with Gasteiger partial charge in [0.05, 0.1) is 11.4 Å². The molecule has 2 aromatic carbocycles. The van der Waals surface area contributed by atoms with E-state index in [9.17, 15) is 4.79 Å². The molecular weight excluding hydrogens is 308 g/mol. The number of rotatable bonds is 3. The zero-order chi connectivity index (χ0) is 16.4. The molecule has 0 bridgehead atoms. The summed E-state index contributed by atoms with van der Waals surface area (Å²) in [6.45, 7) is 2.95. The highest BCUT2D eigenvalue weighted by molar-refractivity contribution is 7.99. The third-order valence-corrected chi connectivity index (χ3v) is 4.74. The lowest BCUT2D eigenvalue weighted by Crippen LogP contribution is -2.19. The summed E-state index contributed by atoms with van der Waals surface area (Å²) in [6.07, 6.45) is 1.40. The van der Waals surface area contributed by atoms with Crippen LogP contribution in [0.4, 0.5) is 11.4 Å². The van der Waals surface area contributed by atoms with E-state index >= 15 is 0 Å². The van der Waals surface area contributed by atoms with Gasteiger partial charge in [0.25, 0.3) is 0 Å². The van der Waals surface area contributed by atoms with Gasteiger partial charge >= 0.3 is 5.97 Å². The van der Waals surface area contributed by atoms with Crippen molar-refractivity contribution in [2.45, 2.75) is 16.7 Å². The maximum absolute atomic E-state index is 11.0. The largest absolute Gasteiger partial charge is 0.477 e. The second-order valence-electron chi connectivity index (χ2n) is 5.02. The molecule has 0 atom stereocenters. The van der Waals surface area contributed by atoms with Crippen molar-refractivity contribution >= 4 is 35.2 Å². The summed E-state index contributed by atoms with van der Waals surface area (Å²) in [5, 5.41) is 17.9. The monoisotopic (exact) mass is 322 g/mol. The number of fused-ring (bicyclic) bond motifs is 2. The summed E-state index contributed by atoms with van der Waals surface area (Å²) in [4.78, 5) is 15.4. The smallest absolute Gasteiger partial charge is 0.346 e. The van der Waals surface area contributed by atoms with Crippen molar-refractivity contribution in [1.82, 2.24) is 0 Å². The van der Waals surface area contributed by atoms with Crippen LogP contribution in [-0.2, 0) is 4.79 Å². The Hall–Kier alpha value is -2.71. The van der Waals surface area contributed by atoms with Gasteiger partial charge in [-0.1, -0.05) is 30.0 Å². The molecule has 0 spiro atoms. The van der Waals surface area contributed by atoms with Crippen LogP contribution in [0, 0.1) is 11.3 Å². The van der Waals surface area contributed by atoms with Crippen LogP contribution in [0.2, 0.25) is 0 Å². The van der Waals surface area contributed by atoms with Crippen LogP contribution in [0.25, 0.3) is 6.08 Å². The quantitative estimate of drug-likeness (QED) is 0.674. The van der Waals surface area contributed by atoms with Gasteiger partial charge in [0.1, 0.15) is 11.6 Å². The first kappa shape index (κ1) is 15.2. The molecule has 0 aliphatic carbocycles. The molecule has 0 amide bonds. The Balaban J connectivity index is 2.06. The van der Waals surface area contributed by atoms with E-state index in [1.165, 1.54) is 16.7 Å². The molecule has 1 N–H and O–H groups in total. The summed E-state index contributed by atoms with van der Waals surface area (Å²) < 4.78 is 0. The molecule has 2 aromatic rings. The Bertz CT molecular complexity index is 852. The van der Waals surface area contributed by atoms with E-state index in [0.29, 0.717) is 5.56 Å². The first-order chi connectivity index (χ1) is 11.1. The molecule has 1 aliphatic heterocycles. The van der Waals surface area contributed by atoms with Crippen LogP contribution in [0.15, 0.2) is 57.8 Å². The zero-order valence-corrected chi connectivity index (χ0v) is 13.3. The van der Waals surface area contributed by atoms with Crippen molar-refractivity contribution in [3.8, 4) is 6.07 Å². The van der Waals surface area contributed by atoms with Crippen LogP contribution < -0.4 is 4.90 Å². The van der Waals surface area contributed by atoms with Crippen molar-refractivity contribution in [3.05, 3.63) is 53.6 Å². The fraction of sp³-hybridized carbons (Fsp3) is 0.111. The van der Waals surface area contributed by atoms with Gasteiger partial charge in [-0.25, -0.2) is 4.79 Å². The Labute approximate surface area is 138 Å². The fourth-order valence-corrected chi connectivity index (χ4v) is 3.73. The Morgan fingerprint density at radius 1 is 1.26 bits per heavy atom. The first-order valence-electron chi connectivity index (χ1n) is 7.17. The summed E-state index contributed by atoms with van der Waals surface area (Å²) in [7, 11) is 0. The first-order valence-corrected chi connectivity index (χ1v) is 7.99. The second kappa shape index (κ2) is 6.19. The normalized spacial score (nSPS) is 13.0. The molecule has 0 saturated heterocycles. The van der Waals surface area contributed by atoms with E-state index in [0.717, 1.165) is 17.1 Å². The molecule has 114 valence electrons. The molecule has 0 aromatic heterocycles. The third-order valence-electron chi connectivity index (χ3n) is 3.63. The van der Waals surface area contributed by atoms with E-state index < -0.39 is 5.97 Å². The van der Waals surface area contributed by atoms with Gasteiger partial charge in [-0.2, -0.15) is 5.26 Å². The number of carbonyl (C=O) groups is 1. The topological polar surface area (TPSA) is 64.3 Å². The molecule has 3 rings (SSSR count). The Morgan fingerprint density at radius 3 is 2.70 bits per heavy atom. The van der Waals surface area contributed by atoms with Crippen LogP contribution in [0.3, 0.4) is 0 Å². The van der Waals surface area contributed by atoms with Crippen molar-refractivity contribution in [2.24, 2.45) is 0 Å². The average Bonchev–Trinajstić information content (AvgIpc) is 2.57. The maximum atomic E-state index is 11.0. The van der Waals surface area contributed by atoms with E-state index in [1.54, 1.807) is 17.8 Å². The van der Waals surface area contributed by atoms with Gasteiger partial charge in [0, 0.05) is 16.3 Å². The summed E-state index contributed by atoms with van der Waals surface area (Å²) in [6, 6.07) is 15.7. The maximum Gasteiger partial charge on any atom is 0.346 e. The lowest BCUT2D eigenvalue weighted by atomic mass is 10.1. The van der Waals surface area contributed by atoms with Crippen LogP contribution in [0.5, 0.6) is 0 Å². The van der Waals surface area contributed by atoms with Gasteiger partial charge < -0.3 is 10.0 Å². The SMILES string of the molecule is CCN1c2ccccc2Sc2cc(/C=C(/C#N)C(=O)O)ccc21. The van der Waals surface area contributed by atoms with Crippen molar-refractivity contribution in [3.63, 3.8) is 0 Å². The molecule has 23 heavy (non-hydrogen) atoms. The Kier molecular flexibility index (Phi) is 4.09. The Morgan fingerprint density at radius 2 is 2.00 bits per heavy atom. The van der Waals surface area contributed by atoms with Gasteiger partial charge in [-0.05, 0) is 42.8 Å². The van der Waals surface area contributed by atoms with E-state index in [4.69, 9.17) is 10.4 Å². The molecule has 0 radical (unpaired) electrons. The van der Waals surface area contributed by atoms with Crippen molar-refractivity contribution in [2.75, 3.05) is 11.4 Å². The number of nitriles is 1. The number of anilines is 2. The van der Waals surface area contributed by atoms with Crippen LogP contribution >= 0.6 is 11.8 Å².